The Labute approximate surface area is 162 Å². The van der Waals surface area contributed by atoms with Gasteiger partial charge in [0.15, 0.2) is 0 Å². The van der Waals surface area contributed by atoms with Crippen molar-refractivity contribution in [1.29, 1.82) is 0 Å². The number of hydrogen-bond acceptors (Lipinski definition) is 4. The maximum absolute atomic E-state index is 13.3. The second kappa shape index (κ2) is 6.72. The minimum Gasteiger partial charge on any atom is -0.497 e. The van der Waals surface area contributed by atoms with Crippen LogP contribution in [0.5, 0.6) is 5.75 Å². The molecule has 0 aliphatic carbocycles. The van der Waals surface area contributed by atoms with Crippen molar-refractivity contribution in [3.8, 4) is 5.75 Å². The van der Waals surface area contributed by atoms with Crippen LogP contribution in [0.4, 0.5) is 5.69 Å². The third-order valence-electron chi connectivity index (χ3n) is 4.75. The summed E-state index contributed by atoms with van der Waals surface area (Å²) in [5.74, 6) is 0.655. The molecule has 0 spiro atoms. The van der Waals surface area contributed by atoms with Gasteiger partial charge in [-0.25, -0.2) is 0 Å². The molecule has 1 aliphatic heterocycles. The first-order chi connectivity index (χ1) is 11.8. The first-order valence-corrected chi connectivity index (χ1v) is 8.92. The Hall–Kier alpha value is -1.40. The van der Waals surface area contributed by atoms with Gasteiger partial charge in [-0.2, -0.15) is 0 Å². The molecule has 1 fully saturated rings. The van der Waals surface area contributed by atoms with Crippen LogP contribution in [-0.4, -0.2) is 30.5 Å². The molecule has 0 N–H and O–H groups in total. The fraction of sp³-hybridized carbons (Fsp3) is 0.278. The lowest BCUT2D eigenvalue weighted by Crippen LogP contribution is -2.42. The molecule has 1 unspecified atom stereocenters. The molecule has 1 amide bonds. The number of halogens is 2. The summed E-state index contributed by atoms with van der Waals surface area (Å²) in [6.45, 7) is 1.89. The van der Waals surface area contributed by atoms with Crippen molar-refractivity contribution in [2.24, 2.45) is 0 Å². The minimum absolute atomic E-state index is 0.0847. The summed E-state index contributed by atoms with van der Waals surface area (Å²) in [4.78, 5) is 16.9. The van der Waals surface area contributed by atoms with Gasteiger partial charge in [0, 0.05) is 5.69 Å². The molecule has 3 rings (SSSR count). The molecule has 0 aromatic heterocycles. The Morgan fingerprint density at radius 1 is 1.12 bits per heavy atom. The third kappa shape index (κ3) is 2.89. The lowest BCUT2D eigenvalue weighted by atomic mass is 9.90. The van der Waals surface area contributed by atoms with E-state index in [1.165, 1.54) is 0 Å². The number of hydrogen-bond donors (Lipinski definition) is 1. The standard InChI is InChI=1S/C18H18Cl2N2O2S/c1-18(11-4-7-13(24-3)8-5-11)16(23)22(17(25)21(18)2)12-6-9-14(19)15(20)10-12/h4-10,17,25H,1-3H3/t17?,18-/m1/s1. The van der Waals surface area contributed by atoms with E-state index >= 15 is 0 Å². The Bertz CT molecular complexity index is 815. The average Bonchev–Trinajstić information content (AvgIpc) is 2.79. The molecule has 1 aliphatic rings. The number of carbonyl (C=O) groups is 1. The van der Waals surface area contributed by atoms with Crippen LogP contribution in [0.1, 0.15) is 12.5 Å². The smallest absolute Gasteiger partial charge is 0.253 e. The first kappa shape index (κ1) is 18.4. The van der Waals surface area contributed by atoms with E-state index in [9.17, 15) is 4.79 Å². The quantitative estimate of drug-likeness (QED) is 0.779. The van der Waals surface area contributed by atoms with Crippen molar-refractivity contribution in [2.75, 3.05) is 19.1 Å². The predicted octanol–water partition coefficient (Wildman–Crippen LogP) is 4.41. The maximum Gasteiger partial charge on any atom is 0.253 e. The van der Waals surface area contributed by atoms with Gasteiger partial charge in [-0.1, -0.05) is 35.3 Å². The highest BCUT2D eigenvalue weighted by atomic mass is 35.5. The number of amides is 1. The third-order valence-corrected chi connectivity index (χ3v) is 6.07. The lowest BCUT2D eigenvalue weighted by Gasteiger charge is -2.30. The number of likely N-dealkylation sites (N-methyl/N-ethyl adjacent to an activating group) is 1. The van der Waals surface area contributed by atoms with Gasteiger partial charge in [-0.3, -0.25) is 14.6 Å². The second-order valence-corrected chi connectivity index (χ2v) is 7.31. The van der Waals surface area contributed by atoms with Crippen molar-refractivity contribution < 1.29 is 9.53 Å². The van der Waals surface area contributed by atoms with Crippen LogP contribution in [0.2, 0.25) is 10.0 Å². The molecular weight excluding hydrogens is 379 g/mol. The molecule has 132 valence electrons. The van der Waals surface area contributed by atoms with Crippen LogP contribution in [0.25, 0.3) is 0 Å². The summed E-state index contributed by atoms with van der Waals surface area (Å²) in [6.07, 6.45) is 0. The van der Waals surface area contributed by atoms with Crippen LogP contribution in [0.3, 0.4) is 0 Å². The molecule has 0 bridgehead atoms. The van der Waals surface area contributed by atoms with Crippen LogP contribution < -0.4 is 9.64 Å². The number of thiol groups is 1. The largest absolute Gasteiger partial charge is 0.497 e. The second-order valence-electron chi connectivity index (χ2n) is 6.03. The van der Waals surface area contributed by atoms with E-state index < -0.39 is 11.0 Å². The summed E-state index contributed by atoms with van der Waals surface area (Å²) in [5.41, 5.74) is 0.230. The number of nitrogens with zero attached hydrogens (tertiary/aromatic N) is 2. The zero-order chi connectivity index (χ0) is 18.4. The van der Waals surface area contributed by atoms with E-state index in [0.29, 0.717) is 15.7 Å². The van der Waals surface area contributed by atoms with Crippen molar-refractivity contribution in [1.82, 2.24) is 4.90 Å². The number of anilines is 1. The van der Waals surface area contributed by atoms with Gasteiger partial charge in [-0.15, -0.1) is 12.6 Å². The van der Waals surface area contributed by atoms with Crippen molar-refractivity contribution in [3.63, 3.8) is 0 Å². The molecule has 25 heavy (non-hydrogen) atoms. The van der Waals surface area contributed by atoms with E-state index in [4.69, 9.17) is 27.9 Å². The highest BCUT2D eigenvalue weighted by molar-refractivity contribution is 7.81. The number of rotatable bonds is 3. The average molecular weight is 397 g/mol. The summed E-state index contributed by atoms with van der Waals surface area (Å²) >= 11 is 16.8. The predicted molar refractivity (Wildman–Crippen MR) is 105 cm³/mol. The highest BCUT2D eigenvalue weighted by Gasteiger charge is 2.53. The van der Waals surface area contributed by atoms with E-state index in [1.807, 2.05) is 43.1 Å². The molecule has 4 nitrogen and oxygen atoms in total. The van der Waals surface area contributed by atoms with Gasteiger partial charge in [0.05, 0.1) is 17.2 Å². The molecule has 2 atom stereocenters. The fourth-order valence-electron chi connectivity index (χ4n) is 3.02. The Kier molecular flexibility index (Phi) is 4.95. The number of methoxy groups -OCH3 is 1. The molecule has 2 aromatic rings. The maximum atomic E-state index is 13.3. The molecule has 0 saturated carbocycles. The number of carbonyl (C=O) groups excluding carboxylic acids is 1. The number of ether oxygens (including phenoxy) is 1. The van der Waals surface area contributed by atoms with Crippen LogP contribution >= 0.6 is 35.8 Å². The van der Waals surface area contributed by atoms with E-state index in [0.717, 1.165) is 11.3 Å². The topological polar surface area (TPSA) is 32.8 Å². The van der Waals surface area contributed by atoms with Crippen LogP contribution in [0.15, 0.2) is 42.5 Å². The molecule has 1 heterocycles. The normalized spacial score (nSPS) is 24.0. The van der Waals surface area contributed by atoms with Gasteiger partial charge in [0.25, 0.3) is 5.91 Å². The molecule has 2 aromatic carbocycles. The van der Waals surface area contributed by atoms with Gasteiger partial charge >= 0.3 is 0 Å². The van der Waals surface area contributed by atoms with Crippen molar-refractivity contribution in [2.45, 2.75) is 18.0 Å². The van der Waals surface area contributed by atoms with E-state index in [-0.39, 0.29) is 5.91 Å². The lowest BCUT2D eigenvalue weighted by molar-refractivity contribution is -0.124. The van der Waals surface area contributed by atoms with Crippen LogP contribution in [0, 0.1) is 0 Å². The first-order valence-electron chi connectivity index (χ1n) is 7.65. The summed E-state index contributed by atoms with van der Waals surface area (Å²) in [6, 6.07) is 12.6. The fourth-order valence-corrected chi connectivity index (χ4v) is 3.78. The molecule has 0 radical (unpaired) electrons. The Morgan fingerprint density at radius 2 is 1.76 bits per heavy atom. The van der Waals surface area contributed by atoms with E-state index in [2.05, 4.69) is 12.6 Å². The molecular formula is C18H18Cl2N2O2S. The Morgan fingerprint density at radius 3 is 2.32 bits per heavy atom. The van der Waals surface area contributed by atoms with Crippen LogP contribution in [-0.2, 0) is 10.3 Å². The Balaban J connectivity index is 2.04. The van der Waals surface area contributed by atoms with Gasteiger partial charge in [-0.05, 0) is 49.9 Å². The van der Waals surface area contributed by atoms with Gasteiger partial charge in [0.1, 0.15) is 16.8 Å². The molecule has 7 heteroatoms. The molecule has 1 saturated heterocycles. The minimum atomic E-state index is -0.856. The highest BCUT2D eigenvalue weighted by Crippen LogP contribution is 2.43. The summed E-state index contributed by atoms with van der Waals surface area (Å²) in [5, 5.41) is 0.840. The van der Waals surface area contributed by atoms with E-state index in [1.54, 1.807) is 30.2 Å². The zero-order valence-corrected chi connectivity index (χ0v) is 16.4. The monoisotopic (exact) mass is 396 g/mol. The zero-order valence-electron chi connectivity index (χ0n) is 14.0. The summed E-state index contributed by atoms with van der Waals surface area (Å²) < 4.78 is 5.20. The van der Waals surface area contributed by atoms with Gasteiger partial charge < -0.3 is 4.74 Å². The summed E-state index contributed by atoms with van der Waals surface area (Å²) in [7, 11) is 3.48. The van der Waals surface area contributed by atoms with Gasteiger partial charge in [0.2, 0.25) is 0 Å². The number of benzene rings is 2. The van der Waals surface area contributed by atoms with Crippen molar-refractivity contribution >= 4 is 47.4 Å². The SMILES string of the molecule is COc1ccc([C@]2(C)C(=O)N(c3ccc(Cl)c(Cl)c3)C(S)N2C)cc1. The van der Waals surface area contributed by atoms with Crippen molar-refractivity contribution in [3.05, 3.63) is 58.1 Å².